The molecule has 0 saturated carbocycles. The number of rotatable bonds is 2. The number of carbonyl (C=O) groups excluding carboxylic acids is 2. The van der Waals surface area contributed by atoms with Crippen LogP contribution in [0.4, 0.5) is 0 Å². The van der Waals surface area contributed by atoms with E-state index < -0.39 is 0 Å². The van der Waals surface area contributed by atoms with Crippen molar-refractivity contribution in [3.8, 4) is 0 Å². The Bertz CT molecular complexity index is 570. The number of nitrogens with zero attached hydrogens (tertiary/aromatic N) is 2. The maximum atomic E-state index is 12.8. The van der Waals surface area contributed by atoms with Crippen LogP contribution in [0, 0.1) is 5.92 Å². The minimum atomic E-state index is 0.0962. The highest BCUT2D eigenvalue weighted by Crippen LogP contribution is 2.34. The van der Waals surface area contributed by atoms with E-state index in [-0.39, 0.29) is 11.8 Å². The van der Waals surface area contributed by atoms with Crippen molar-refractivity contribution in [2.75, 3.05) is 31.9 Å². The molecule has 24 heavy (non-hydrogen) atoms. The third-order valence-corrected chi connectivity index (χ3v) is 6.44. The summed E-state index contributed by atoms with van der Waals surface area (Å²) in [5, 5.41) is 0.489. The van der Waals surface area contributed by atoms with Gasteiger partial charge in [0.05, 0.1) is 0 Å². The van der Waals surface area contributed by atoms with E-state index in [9.17, 15) is 9.59 Å². The smallest absolute Gasteiger partial charge is 0.225 e. The van der Waals surface area contributed by atoms with Gasteiger partial charge in [0.1, 0.15) is 0 Å². The highest BCUT2D eigenvalue weighted by atomic mass is 32.2. The van der Waals surface area contributed by atoms with Crippen LogP contribution in [0.1, 0.15) is 37.0 Å². The summed E-state index contributed by atoms with van der Waals surface area (Å²) in [7, 11) is 0. The van der Waals surface area contributed by atoms with Gasteiger partial charge in [0.15, 0.2) is 0 Å². The summed E-state index contributed by atoms with van der Waals surface area (Å²) >= 11 is 1.96. The summed E-state index contributed by atoms with van der Waals surface area (Å²) in [6.07, 6.45) is 2.64. The van der Waals surface area contributed by atoms with E-state index in [0.29, 0.717) is 11.2 Å². The summed E-state index contributed by atoms with van der Waals surface area (Å²) in [6.45, 7) is 4.75. The molecule has 5 heteroatoms. The van der Waals surface area contributed by atoms with Gasteiger partial charge in [-0.15, -0.1) is 0 Å². The molecule has 0 aliphatic carbocycles. The second-order valence-corrected chi connectivity index (χ2v) is 7.98. The van der Waals surface area contributed by atoms with E-state index in [1.54, 1.807) is 6.92 Å². The predicted octanol–water partition coefficient (Wildman–Crippen LogP) is 2.95. The number of hydrogen-bond donors (Lipinski definition) is 0. The molecule has 4 nitrogen and oxygen atoms in total. The van der Waals surface area contributed by atoms with Gasteiger partial charge in [-0.25, -0.2) is 0 Å². The standard InChI is InChI=1S/C19H26N2O2S/c1-15(22)20-10-7-17(8-11-20)19(23)21-12-9-18(24-14-13-21)16-5-3-2-4-6-16/h2-6,17-18H,7-14H2,1H3/t18-/m0/s1. The molecular weight excluding hydrogens is 320 g/mol. The second-order valence-electron chi connectivity index (χ2n) is 6.66. The lowest BCUT2D eigenvalue weighted by molar-refractivity contribution is -0.139. The van der Waals surface area contributed by atoms with Crippen molar-refractivity contribution in [2.24, 2.45) is 5.92 Å². The van der Waals surface area contributed by atoms with Crippen molar-refractivity contribution in [1.29, 1.82) is 0 Å². The first-order valence-electron chi connectivity index (χ1n) is 8.86. The summed E-state index contributed by atoms with van der Waals surface area (Å²) in [5.41, 5.74) is 1.37. The fourth-order valence-electron chi connectivity index (χ4n) is 3.62. The minimum Gasteiger partial charge on any atom is -0.343 e. The number of piperidine rings is 1. The van der Waals surface area contributed by atoms with Crippen LogP contribution >= 0.6 is 11.8 Å². The van der Waals surface area contributed by atoms with E-state index in [2.05, 4.69) is 29.2 Å². The van der Waals surface area contributed by atoms with Crippen molar-refractivity contribution in [3.63, 3.8) is 0 Å². The number of benzene rings is 1. The van der Waals surface area contributed by atoms with E-state index in [1.807, 2.05) is 22.7 Å². The van der Waals surface area contributed by atoms with Crippen molar-refractivity contribution < 1.29 is 9.59 Å². The van der Waals surface area contributed by atoms with Crippen molar-refractivity contribution in [2.45, 2.75) is 31.4 Å². The summed E-state index contributed by atoms with van der Waals surface area (Å²) < 4.78 is 0. The van der Waals surface area contributed by atoms with Crippen LogP contribution in [0.5, 0.6) is 0 Å². The minimum absolute atomic E-state index is 0.0962. The molecule has 130 valence electrons. The third-order valence-electron chi connectivity index (χ3n) is 5.11. The lowest BCUT2D eigenvalue weighted by Crippen LogP contribution is -2.44. The van der Waals surface area contributed by atoms with Crippen LogP contribution in [0.25, 0.3) is 0 Å². The van der Waals surface area contributed by atoms with E-state index in [1.165, 1.54) is 5.56 Å². The zero-order chi connectivity index (χ0) is 16.9. The Balaban J connectivity index is 1.54. The van der Waals surface area contributed by atoms with Gasteiger partial charge < -0.3 is 9.80 Å². The van der Waals surface area contributed by atoms with Gasteiger partial charge in [0.2, 0.25) is 11.8 Å². The molecule has 2 aliphatic heterocycles. The number of thioether (sulfide) groups is 1. The summed E-state index contributed by atoms with van der Waals surface area (Å²) in [4.78, 5) is 28.2. The molecule has 1 aromatic carbocycles. The van der Waals surface area contributed by atoms with E-state index in [0.717, 1.165) is 51.2 Å². The first-order valence-corrected chi connectivity index (χ1v) is 9.91. The van der Waals surface area contributed by atoms with Gasteiger partial charge in [0, 0.05) is 50.0 Å². The molecule has 0 unspecified atom stereocenters. The molecule has 1 atom stereocenters. The quantitative estimate of drug-likeness (QED) is 0.827. The van der Waals surface area contributed by atoms with Gasteiger partial charge in [0.25, 0.3) is 0 Å². The molecule has 2 heterocycles. The van der Waals surface area contributed by atoms with Crippen LogP contribution in [-0.4, -0.2) is 53.5 Å². The molecule has 0 N–H and O–H groups in total. The van der Waals surface area contributed by atoms with Crippen LogP contribution < -0.4 is 0 Å². The van der Waals surface area contributed by atoms with Crippen LogP contribution in [0.15, 0.2) is 30.3 Å². The Hall–Kier alpha value is -1.49. The zero-order valence-corrected chi connectivity index (χ0v) is 15.1. The van der Waals surface area contributed by atoms with E-state index in [4.69, 9.17) is 0 Å². The van der Waals surface area contributed by atoms with Crippen LogP contribution in [-0.2, 0) is 9.59 Å². The molecule has 0 spiro atoms. The van der Waals surface area contributed by atoms with E-state index >= 15 is 0 Å². The largest absolute Gasteiger partial charge is 0.343 e. The fraction of sp³-hybridized carbons (Fsp3) is 0.579. The number of likely N-dealkylation sites (tertiary alicyclic amines) is 1. The third kappa shape index (κ3) is 4.12. The Morgan fingerprint density at radius 1 is 0.958 bits per heavy atom. The van der Waals surface area contributed by atoms with Crippen LogP contribution in [0.3, 0.4) is 0 Å². The number of amides is 2. The van der Waals surface area contributed by atoms with Crippen molar-refractivity contribution in [1.82, 2.24) is 9.80 Å². The lowest BCUT2D eigenvalue weighted by Gasteiger charge is -2.33. The first-order chi connectivity index (χ1) is 11.6. The van der Waals surface area contributed by atoms with Crippen molar-refractivity contribution >= 4 is 23.6 Å². The van der Waals surface area contributed by atoms with Gasteiger partial charge in [-0.05, 0) is 24.8 Å². The molecule has 2 fully saturated rings. The normalized spacial score (nSPS) is 23.0. The molecule has 1 aromatic rings. The molecule has 2 saturated heterocycles. The Kier molecular flexibility index (Phi) is 5.82. The zero-order valence-electron chi connectivity index (χ0n) is 14.3. The molecule has 0 bridgehead atoms. The fourth-order valence-corrected chi connectivity index (χ4v) is 4.86. The second kappa shape index (κ2) is 8.06. The van der Waals surface area contributed by atoms with Gasteiger partial charge in [-0.1, -0.05) is 30.3 Å². The maximum absolute atomic E-state index is 12.8. The first kappa shape index (κ1) is 17.3. The molecule has 2 aliphatic rings. The number of carbonyl (C=O) groups is 2. The lowest BCUT2D eigenvalue weighted by atomic mass is 9.95. The molecule has 3 rings (SSSR count). The highest BCUT2D eigenvalue weighted by Gasteiger charge is 2.30. The summed E-state index contributed by atoms with van der Waals surface area (Å²) in [5.74, 6) is 1.52. The van der Waals surface area contributed by atoms with Gasteiger partial charge in [-0.3, -0.25) is 9.59 Å². The van der Waals surface area contributed by atoms with Crippen LogP contribution in [0.2, 0.25) is 0 Å². The monoisotopic (exact) mass is 346 g/mol. The Morgan fingerprint density at radius 2 is 1.62 bits per heavy atom. The number of hydrogen-bond acceptors (Lipinski definition) is 3. The Morgan fingerprint density at radius 3 is 2.29 bits per heavy atom. The SMILES string of the molecule is CC(=O)N1CCC(C(=O)N2CCS[C@H](c3ccccc3)CC2)CC1. The average Bonchev–Trinajstić information content (AvgIpc) is 2.88. The molecule has 0 aromatic heterocycles. The molecule has 0 radical (unpaired) electrons. The van der Waals surface area contributed by atoms with Gasteiger partial charge in [-0.2, -0.15) is 11.8 Å². The molecule has 2 amide bonds. The molecular formula is C19H26N2O2S. The summed E-state index contributed by atoms with van der Waals surface area (Å²) in [6, 6.07) is 10.6. The average molecular weight is 346 g/mol. The van der Waals surface area contributed by atoms with Gasteiger partial charge >= 0.3 is 0 Å². The highest BCUT2D eigenvalue weighted by molar-refractivity contribution is 7.99. The topological polar surface area (TPSA) is 40.6 Å². The van der Waals surface area contributed by atoms with Crippen molar-refractivity contribution in [3.05, 3.63) is 35.9 Å². The Labute approximate surface area is 148 Å². The maximum Gasteiger partial charge on any atom is 0.225 e. The predicted molar refractivity (Wildman–Crippen MR) is 97.8 cm³/mol.